The fourth-order valence-electron chi connectivity index (χ4n) is 2.77. The normalized spacial score (nSPS) is 25.1. The Morgan fingerprint density at radius 2 is 2.17 bits per heavy atom. The third kappa shape index (κ3) is 2.78. The Bertz CT molecular complexity index is 405. The third-order valence-electron chi connectivity index (χ3n) is 4.03. The van der Waals surface area contributed by atoms with Gasteiger partial charge >= 0.3 is 0 Å². The van der Waals surface area contributed by atoms with Crippen LogP contribution in [-0.2, 0) is 0 Å². The average molecular weight is 249 g/mol. The van der Waals surface area contributed by atoms with Crippen molar-refractivity contribution in [3.8, 4) is 11.5 Å². The first-order valence-electron chi connectivity index (χ1n) is 6.74. The second-order valence-electron chi connectivity index (χ2n) is 5.33. The molecule has 0 bridgehead atoms. The predicted octanol–water partition coefficient (Wildman–Crippen LogP) is 3.24. The van der Waals surface area contributed by atoms with Gasteiger partial charge in [-0.05, 0) is 43.4 Å². The molecule has 3 nitrogen and oxygen atoms in total. The Labute approximate surface area is 109 Å². The fourth-order valence-corrected chi connectivity index (χ4v) is 2.77. The molecule has 1 saturated carbocycles. The summed E-state index contributed by atoms with van der Waals surface area (Å²) in [7, 11) is 1.58. The summed E-state index contributed by atoms with van der Waals surface area (Å²) >= 11 is 0. The van der Waals surface area contributed by atoms with E-state index in [1.807, 2.05) is 12.1 Å². The van der Waals surface area contributed by atoms with E-state index in [9.17, 15) is 5.11 Å². The number of hydrogen-bond donors (Lipinski definition) is 2. The lowest BCUT2D eigenvalue weighted by atomic mass is 10.0. The predicted molar refractivity (Wildman–Crippen MR) is 73.0 cm³/mol. The molecular formula is C15H23NO2. The van der Waals surface area contributed by atoms with Gasteiger partial charge in [0.25, 0.3) is 0 Å². The van der Waals surface area contributed by atoms with E-state index in [0.29, 0.717) is 11.8 Å². The van der Waals surface area contributed by atoms with Crippen LogP contribution < -0.4 is 10.1 Å². The number of phenols is 1. The molecule has 3 atom stereocenters. The van der Waals surface area contributed by atoms with Crippen molar-refractivity contribution >= 4 is 0 Å². The fraction of sp³-hybridized carbons (Fsp3) is 0.600. The molecule has 1 aliphatic carbocycles. The Kier molecular flexibility index (Phi) is 4.12. The monoisotopic (exact) mass is 249 g/mol. The van der Waals surface area contributed by atoms with E-state index in [1.54, 1.807) is 13.2 Å². The quantitative estimate of drug-likeness (QED) is 0.860. The van der Waals surface area contributed by atoms with Gasteiger partial charge in [0.2, 0.25) is 0 Å². The van der Waals surface area contributed by atoms with Gasteiger partial charge in [-0.2, -0.15) is 0 Å². The number of aromatic hydroxyl groups is 1. The first-order chi connectivity index (χ1) is 8.61. The molecule has 1 aliphatic rings. The minimum atomic E-state index is 0.197. The summed E-state index contributed by atoms with van der Waals surface area (Å²) in [6, 6.07) is 6.46. The Morgan fingerprint density at radius 3 is 2.78 bits per heavy atom. The number of phenolic OH excluding ortho intramolecular Hbond substituents is 1. The van der Waals surface area contributed by atoms with Gasteiger partial charge in [-0.25, -0.2) is 0 Å². The van der Waals surface area contributed by atoms with E-state index < -0.39 is 0 Å². The lowest BCUT2D eigenvalue weighted by Crippen LogP contribution is -2.33. The molecule has 18 heavy (non-hydrogen) atoms. The van der Waals surface area contributed by atoms with Crippen LogP contribution in [0, 0.1) is 5.92 Å². The Hall–Kier alpha value is -1.22. The van der Waals surface area contributed by atoms with Crippen molar-refractivity contribution in [3.63, 3.8) is 0 Å². The summed E-state index contributed by atoms with van der Waals surface area (Å²) in [5, 5.41) is 13.3. The van der Waals surface area contributed by atoms with Gasteiger partial charge in [0.1, 0.15) is 0 Å². The highest BCUT2D eigenvalue weighted by atomic mass is 16.5. The molecule has 1 aromatic carbocycles. The van der Waals surface area contributed by atoms with Crippen molar-refractivity contribution in [2.45, 2.75) is 45.2 Å². The van der Waals surface area contributed by atoms with Crippen LogP contribution >= 0.6 is 0 Å². The number of nitrogens with one attached hydrogen (secondary N) is 1. The van der Waals surface area contributed by atoms with Gasteiger partial charge in [0, 0.05) is 12.1 Å². The van der Waals surface area contributed by atoms with Crippen molar-refractivity contribution in [1.82, 2.24) is 5.32 Å². The van der Waals surface area contributed by atoms with Crippen molar-refractivity contribution in [2.75, 3.05) is 7.11 Å². The summed E-state index contributed by atoms with van der Waals surface area (Å²) in [5.74, 6) is 1.50. The highest BCUT2D eigenvalue weighted by Crippen LogP contribution is 2.31. The van der Waals surface area contributed by atoms with Crippen molar-refractivity contribution < 1.29 is 9.84 Å². The molecule has 1 aromatic rings. The molecule has 2 rings (SSSR count). The lowest BCUT2D eigenvalue weighted by molar-refractivity contribution is 0.368. The van der Waals surface area contributed by atoms with Crippen molar-refractivity contribution in [3.05, 3.63) is 23.8 Å². The summed E-state index contributed by atoms with van der Waals surface area (Å²) in [5.41, 5.74) is 1.16. The average Bonchev–Trinajstić information content (AvgIpc) is 2.75. The summed E-state index contributed by atoms with van der Waals surface area (Å²) in [6.07, 6.45) is 3.91. The number of rotatable bonds is 4. The van der Waals surface area contributed by atoms with Crippen molar-refractivity contribution in [2.24, 2.45) is 5.92 Å². The van der Waals surface area contributed by atoms with E-state index >= 15 is 0 Å². The molecule has 100 valence electrons. The minimum Gasteiger partial charge on any atom is -0.504 e. The second kappa shape index (κ2) is 5.61. The summed E-state index contributed by atoms with van der Waals surface area (Å²) < 4.78 is 5.15. The number of benzene rings is 1. The first kappa shape index (κ1) is 13.2. The van der Waals surface area contributed by atoms with Gasteiger partial charge in [-0.1, -0.05) is 19.4 Å². The van der Waals surface area contributed by atoms with Crippen LogP contribution in [0.25, 0.3) is 0 Å². The molecule has 0 saturated heterocycles. The Balaban J connectivity index is 2.06. The van der Waals surface area contributed by atoms with Crippen LogP contribution in [-0.4, -0.2) is 18.3 Å². The molecule has 1 fully saturated rings. The van der Waals surface area contributed by atoms with E-state index in [2.05, 4.69) is 19.2 Å². The van der Waals surface area contributed by atoms with E-state index in [0.717, 1.165) is 11.5 Å². The first-order valence-corrected chi connectivity index (χ1v) is 6.74. The summed E-state index contributed by atoms with van der Waals surface area (Å²) in [6.45, 7) is 4.48. The van der Waals surface area contributed by atoms with E-state index in [4.69, 9.17) is 4.74 Å². The zero-order valence-corrected chi connectivity index (χ0v) is 11.4. The molecule has 0 radical (unpaired) electrons. The van der Waals surface area contributed by atoms with Gasteiger partial charge in [0.15, 0.2) is 11.5 Å². The minimum absolute atomic E-state index is 0.197. The smallest absolute Gasteiger partial charge is 0.160 e. The molecule has 3 heteroatoms. The van der Waals surface area contributed by atoms with Crippen LogP contribution in [0.5, 0.6) is 11.5 Å². The third-order valence-corrected chi connectivity index (χ3v) is 4.03. The van der Waals surface area contributed by atoms with Gasteiger partial charge in [0.05, 0.1) is 7.11 Å². The standard InChI is InChI=1S/C15H23NO2/c1-10-5-4-6-13(10)16-11(2)12-7-8-14(17)15(9-12)18-3/h7-11,13,16-17H,4-6H2,1-3H3. The van der Waals surface area contributed by atoms with Gasteiger partial charge < -0.3 is 15.2 Å². The van der Waals surface area contributed by atoms with Crippen LogP contribution in [0.2, 0.25) is 0 Å². The van der Waals surface area contributed by atoms with Gasteiger partial charge in [-0.15, -0.1) is 0 Å². The van der Waals surface area contributed by atoms with Crippen molar-refractivity contribution in [1.29, 1.82) is 0 Å². The number of hydrogen-bond acceptors (Lipinski definition) is 3. The summed E-state index contributed by atoms with van der Waals surface area (Å²) in [4.78, 5) is 0. The maximum atomic E-state index is 9.60. The van der Waals surface area contributed by atoms with Gasteiger partial charge in [-0.3, -0.25) is 0 Å². The number of ether oxygens (including phenoxy) is 1. The molecule has 0 aromatic heterocycles. The van der Waals surface area contributed by atoms with E-state index in [1.165, 1.54) is 19.3 Å². The van der Waals surface area contributed by atoms with E-state index in [-0.39, 0.29) is 11.8 Å². The highest BCUT2D eigenvalue weighted by molar-refractivity contribution is 5.42. The molecular weight excluding hydrogens is 226 g/mol. The van der Waals surface area contributed by atoms with Crippen LogP contribution in [0.4, 0.5) is 0 Å². The maximum Gasteiger partial charge on any atom is 0.160 e. The van der Waals surface area contributed by atoms with Crippen LogP contribution in [0.3, 0.4) is 0 Å². The lowest BCUT2D eigenvalue weighted by Gasteiger charge is -2.23. The van der Waals surface area contributed by atoms with Crippen LogP contribution in [0.15, 0.2) is 18.2 Å². The SMILES string of the molecule is COc1cc(C(C)NC2CCCC2C)ccc1O. The largest absolute Gasteiger partial charge is 0.504 e. The molecule has 0 amide bonds. The topological polar surface area (TPSA) is 41.5 Å². The molecule has 0 aliphatic heterocycles. The maximum absolute atomic E-state index is 9.60. The zero-order valence-electron chi connectivity index (χ0n) is 11.4. The molecule has 0 spiro atoms. The number of methoxy groups -OCH3 is 1. The highest BCUT2D eigenvalue weighted by Gasteiger charge is 2.24. The molecule has 2 N–H and O–H groups in total. The molecule has 0 heterocycles. The zero-order chi connectivity index (χ0) is 13.1. The van der Waals surface area contributed by atoms with Crippen LogP contribution in [0.1, 0.15) is 44.7 Å². The second-order valence-corrected chi connectivity index (χ2v) is 5.33. The molecule has 3 unspecified atom stereocenters. The Morgan fingerprint density at radius 1 is 1.39 bits per heavy atom.